The number of hydrogen-bond donors (Lipinski definition) is 3. The van der Waals surface area contributed by atoms with Crippen LogP contribution in [0.4, 0.5) is 11.5 Å². The minimum atomic E-state index is 0.0948. The molecule has 3 heterocycles. The fourth-order valence-electron chi connectivity index (χ4n) is 4.00. The molecule has 0 spiro atoms. The molecule has 2 aliphatic heterocycles. The molecular weight excluding hydrogens is 344 g/mol. The summed E-state index contributed by atoms with van der Waals surface area (Å²) >= 11 is 0. The lowest BCUT2D eigenvalue weighted by molar-refractivity contribution is -0.129. The van der Waals surface area contributed by atoms with E-state index in [4.69, 9.17) is 16.8 Å². The second-order valence-corrected chi connectivity index (χ2v) is 6.93. The molecule has 0 bridgehead atoms. The number of benzene rings is 1. The number of hydrogen-bond acceptors (Lipinski definition) is 6. The molecule has 1 aromatic heterocycles. The van der Waals surface area contributed by atoms with Crippen molar-refractivity contribution in [2.24, 2.45) is 23.8 Å². The number of aromatic nitrogens is 2. The molecule has 9 nitrogen and oxygen atoms in total. The third-order valence-corrected chi connectivity index (χ3v) is 5.44. The summed E-state index contributed by atoms with van der Waals surface area (Å²) in [6.45, 7) is 3.79. The summed E-state index contributed by atoms with van der Waals surface area (Å²) in [4.78, 5) is 16.0. The maximum atomic E-state index is 11.9. The van der Waals surface area contributed by atoms with Gasteiger partial charge in [0.25, 0.3) is 0 Å². The Morgan fingerprint density at radius 3 is 2.81 bits per heavy atom. The van der Waals surface area contributed by atoms with Crippen LogP contribution in [0.15, 0.2) is 23.3 Å². The van der Waals surface area contributed by atoms with Crippen LogP contribution in [0, 0.1) is 0 Å². The van der Waals surface area contributed by atoms with Crippen molar-refractivity contribution < 1.29 is 4.79 Å². The predicted molar refractivity (Wildman–Crippen MR) is 103 cm³/mol. The predicted octanol–water partition coefficient (Wildman–Crippen LogP) is 0.103. The van der Waals surface area contributed by atoms with Crippen molar-refractivity contribution in [2.45, 2.75) is 26.3 Å². The number of nitrogens with two attached hydrogens (primary N) is 2. The molecule has 0 saturated heterocycles. The van der Waals surface area contributed by atoms with Gasteiger partial charge in [-0.15, -0.1) is 0 Å². The van der Waals surface area contributed by atoms with Crippen molar-refractivity contribution in [2.75, 3.05) is 18.0 Å². The first-order valence-corrected chi connectivity index (χ1v) is 8.99. The highest BCUT2D eigenvalue weighted by Gasteiger charge is 2.31. The number of aryl methyl sites for hydroxylation is 1. The van der Waals surface area contributed by atoms with E-state index in [9.17, 15) is 4.79 Å². The first kappa shape index (κ1) is 17.3. The Balaban J connectivity index is 1.76. The summed E-state index contributed by atoms with van der Waals surface area (Å²) in [5.41, 5.74) is 7.99. The van der Waals surface area contributed by atoms with Gasteiger partial charge < -0.3 is 21.1 Å². The normalized spacial score (nSPS) is 16.3. The second-order valence-electron chi connectivity index (χ2n) is 6.93. The third kappa shape index (κ3) is 2.80. The highest BCUT2D eigenvalue weighted by Crippen LogP contribution is 2.38. The minimum absolute atomic E-state index is 0.0948. The number of rotatable bonds is 2. The fraction of sp³-hybridized carbons (Fsp3) is 0.389. The van der Waals surface area contributed by atoms with Gasteiger partial charge in [0, 0.05) is 56.0 Å². The smallest absolute Gasteiger partial charge is 0.219 e. The van der Waals surface area contributed by atoms with E-state index in [0.717, 1.165) is 48.6 Å². The molecule has 0 aliphatic carbocycles. The van der Waals surface area contributed by atoms with E-state index in [1.54, 1.807) is 6.92 Å². The van der Waals surface area contributed by atoms with E-state index < -0.39 is 0 Å². The maximum absolute atomic E-state index is 11.9. The number of fused-ring (bicyclic) bond motifs is 2. The van der Waals surface area contributed by atoms with Crippen molar-refractivity contribution in [3.05, 3.63) is 40.6 Å². The lowest BCUT2D eigenvalue weighted by Crippen LogP contribution is -2.35. The van der Waals surface area contributed by atoms with Crippen LogP contribution in [-0.2, 0) is 31.2 Å². The molecule has 2 aliphatic rings. The van der Waals surface area contributed by atoms with E-state index in [1.165, 1.54) is 11.3 Å². The monoisotopic (exact) mass is 368 g/mol. The molecule has 0 unspecified atom stereocenters. The van der Waals surface area contributed by atoms with Gasteiger partial charge in [-0.1, -0.05) is 12.1 Å². The maximum Gasteiger partial charge on any atom is 0.219 e. The summed E-state index contributed by atoms with van der Waals surface area (Å²) in [6.07, 6.45) is 1.75. The molecule has 4 rings (SSSR count). The van der Waals surface area contributed by atoms with Crippen molar-refractivity contribution in [3.63, 3.8) is 0 Å². The summed E-state index contributed by atoms with van der Waals surface area (Å²) in [7, 11) is 1.97. The third-order valence-electron chi connectivity index (χ3n) is 5.44. The highest BCUT2D eigenvalue weighted by atomic mass is 16.2. The van der Waals surface area contributed by atoms with Crippen LogP contribution in [0.2, 0.25) is 0 Å². The van der Waals surface area contributed by atoms with E-state index in [2.05, 4.69) is 21.5 Å². The Hall–Kier alpha value is -3.07. The number of carbonyl (C=O) groups excluding carboxylic acids is 1. The van der Waals surface area contributed by atoms with Crippen LogP contribution < -0.4 is 22.0 Å². The number of carbonyl (C=O) groups is 1. The summed E-state index contributed by atoms with van der Waals surface area (Å²) in [5.74, 6) is 12.4. The molecule has 0 atom stereocenters. The largest absolute Gasteiger partial charge is 0.338 e. The molecule has 27 heavy (non-hydrogen) atoms. The Bertz CT molecular complexity index is 932. The molecule has 9 heteroatoms. The molecule has 0 saturated carbocycles. The van der Waals surface area contributed by atoms with Gasteiger partial charge in [-0.3, -0.25) is 9.48 Å². The van der Waals surface area contributed by atoms with Gasteiger partial charge >= 0.3 is 0 Å². The molecular formula is C18H24N8O. The number of amidine groups is 1. The minimum Gasteiger partial charge on any atom is -0.338 e. The van der Waals surface area contributed by atoms with Crippen LogP contribution in [0.1, 0.15) is 29.3 Å². The Labute approximate surface area is 157 Å². The average Bonchev–Trinajstić information content (AvgIpc) is 3.23. The van der Waals surface area contributed by atoms with Gasteiger partial charge in [0.15, 0.2) is 11.7 Å². The van der Waals surface area contributed by atoms with E-state index in [-0.39, 0.29) is 5.91 Å². The number of anilines is 2. The van der Waals surface area contributed by atoms with Gasteiger partial charge in [-0.25, -0.2) is 5.84 Å². The highest BCUT2D eigenvalue weighted by molar-refractivity contribution is 5.99. The summed E-state index contributed by atoms with van der Waals surface area (Å²) < 4.78 is 1.94. The van der Waals surface area contributed by atoms with Gasteiger partial charge in [0.1, 0.15) is 0 Å². The SMILES string of the molecule is CC(=O)N1CCc2c(c(N3CCc4ccc(C(=NN)NN)cc43)nn2C)C1. The number of nitrogens with zero attached hydrogens (tertiary/aromatic N) is 5. The zero-order chi connectivity index (χ0) is 19.1. The molecule has 1 aromatic carbocycles. The second kappa shape index (κ2) is 6.58. The summed E-state index contributed by atoms with van der Waals surface area (Å²) in [6, 6.07) is 6.06. The molecule has 1 amide bonds. The number of hydrazine groups is 1. The molecule has 2 aromatic rings. The average molecular weight is 368 g/mol. The van der Waals surface area contributed by atoms with Crippen molar-refractivity contribution in [1.82, 2.24) is 20.1 Å². The number of hydrazone groups is 1. The van der Waals surface area contributed by atoms with Crippen molar-refractivity contribution in [1.29, 1.82) is 0 Å². The first-order valence-electron chi connectivity index (χ1n) is 8.99. The zero-order valence-electron chi connectivity index (χ0n) is 15.6. The lowest BCUT2D eigenvalue weighted by Gasteiger charge is -2.28. The molecule has 5 N–H and O–H groups in total. The molecule has 0 radical (unpaired) electrons. The standard InChI is InChI=1S/C18H24N8O/c1-11(27)25-7-6-15-14(10-25)18(23-24(15)2)26-8-5-12-3-4-13(9-16(12)26)17(21-19)22-20/h3-4,9H,5-8,10,19-20H2,1-2H3,(H,21,22). The van der Waals surface area contributed by atoms with Gasteiger partial charge in [-0.2, -0.15) is 10.2 Å². The molecule has 142 valence electrons. The van der Waals surface area contributed by atoms with Gasteiger partial charge in [0.05, 0.1) is 6.54 Å². The number of nitrogens with one attached hydrogen (secondary N) is 1. The van der Waals surface area contributed by atoms with Gasteiger partial charge in [0.2, 0.25) is 5.91 Å². The van der Waals surface area contributed by atoms with Crippen LogP contribution in [0.25, 0.3) is 0 Å². The lowest BCUT2D eigenvalue weighted by atomic mass is 10.1. The van der Waals surface area contributed by atoms with Crippen LogP contribution in [-0.4, -0.2) is 39.5 Å². The first-order chi connectivity index (χ1) is 13.0. The quantitative estimate of drug-likeness (QED) is 0.300. The van der Waals surface area contributed by atoms with Crippen LogP contribution in [0.5, 0.6) is 0 Å². The Morgan fingerprint density at radius 1 is 1.30 bits per heavy atom. The number of amides is 1. The van der Waals surface area contributed by atoms with E-state index in [0.29, 0.717) is 12.4 Å². The zero-order valence-corrected chi connectivity index (χ0v) is 15.6. The van der Waals surface area contributed by atoms with E-state index >= 15 is 0 Å². The summed E-state index contributed by atoms with van der Waals surface area (Å²) in [5, 5.41) is 8.49. The molecule has 0 fully saturated rings. The van der Waals surface area contributed by atoms with E-state index in [1.807, 2.05) is 28.8 Å². The Morgan fingerprint density at radius 2 is 2.11 bits per heavy atom. The van der Waals surface area contributed by atoms with Gasteiger partial charge in [-0.05, 0) is 18.1 Å². The topological polar surface area (TPSA) is 118 Å². The van der Waals surface area contributed by atoms with Crippen molar-refractivity contribution >= 4 is 23.2 Å². The van der Waals surface area contributed by atoms with Crippen molar-refractivity contribution in [3.8, 4) is 0 Å². The Kier molecular flexibility index (Phi) is 4.23. The van der Waals surface area contributed by atoms with Crippen LogP contribution >= 0.6 is 0 Å². The fourth-order valence-corrected chi connectivity index (χ4v) is 4.00. The van der Waals surface area contributed by atoms with Crippen LogP contribution in [0.3, 0.4) is 0 Å².